The van der Waals surface area contributed by atoms with Gasteiger partial charge in [-0.05, 0) is 41.0 Å². The van der Waals surface area contributed by atoms with Gasteiger partial charge in [0.1, 0.15) is 4.90 Å². The smallest absolute Gasteiger partial charge is 0.281 e. The Labute approximate surface area is 178 Å². The zero-order valence-electron chi connectivity index (χ0n) is 15.6. The molecule has 0 unspecified atom stereocenters. The van der Waals surface area contributed by atoms with E-state index in [1.165, 1.54) is 36.5 Å². The fraction of sp³-hybridized carbons (Fsp3) is 0. The average Bonchev–Trinajstić information content (AvgIpc) is 2.76. The number of hydrogen-bond donors (Lipinski definition) is 0. The molecule has 0 spiro atoms. The van der Waals surface area contributed by atoms with Gasteiger partial charge in [-0.1, -0.05) is 72.3 Å². The van der Waals surface area contributed by atoms with Crippen molar-refractivity contribution in [2.24, 2.45) is 0 Å². The second kappa shape index (κ2) is 8.18. The molecule has 1 heterocycles. The molecule has 0 N–H and O–H groups in total. The molecular formula is C23H16ClNO4S. The number of hydrogen-bond acceptors (Lipinski definition) is 4. The summed E-state index contributed by atoms with van der Waals surface area (Å²) in [6.45, 7) is 0. The Balaban J connectivity index is 1.84. The first-order valence-electron chi connectivity index (χ1n) is 9.02. The summed E-state index contributed by atoms with van der Waals surface area (Å²) in [4.78, 5) is 12.6. The maximum Gasteiger partial charge on any atom is 0.357 e. The molecule has 1 aromatic heterocycles. The maximum atomic E-state index is 12.7. The van der Waals surface area contributed by atoms with E-state index >= 15 is 0 Å². The van der Waals surface area contributed by atoms with Crippen molar-refractivity contribution in [2.45, 2.75) is 4.90 Å². The third-order valence-corrected chi connectivity index (χ3v) is 5.93. The molecule has 0 aliphatic rings. The lowest BCUT2D eigenvalue weighted by Gasteiger charge is -2.14. The van der Waals surface area contributed by atoms with Gasteiger partial charge in [-0.2, -0.15) is 8.42 Å². The fourth-order valence-corrected chi connectivity index (χ4v) is 4.04. The van der Waals surface area contributed by atoms with E-state index in [0.717, 1.165) is 15.9 Å². The van der Waals surface area contributed by atoms with Crippen molar-refractivity contribution in [3.8, 4) is 22.3 Å². The number of aromatic nitrogens is 1. The van der Waals surface area contributed by atoms with Crippen LogP contribution in [0.25, 0.3) is 22.3 Å². The highest BCUT2D eigenvalue weighted by Gasteiger charge is 2.19. The van der Waals surface area contributed by atoms with Gasteiger partial charge in [0, 0.05) is 16.7 Å². The summed E-state index contributed by atoms with van der Waals surface area (Å²) in [7, 11) is -4.22. The van der Waals surface area contributed by atoms with E-state index in [4.69, 9.17) is 15.9 Å². The Morgan fingerprint density at radius 1 is 0.733 bits per heavy atom. The van der Waals surface area contributed by atoms with E-state index in [1.807, 2.05) is 60.7 Å². The summed E-state index contributed by atoms with van der Waals surface area (Å²) in [5.74, 6) is 0. The van der Waals surface area contributed by atoms with Crippen molar-refractivity contribution in [3.63, 3.8) is 0 Å². The molecule has 0 fully saturated rings. The predicted octanol–water partition coefficient (Wildman–Crippen LogP) is 4.65. The van der Waals surface area contributed by atoms with E-state index in [-0.39, 0.29) is 4.90 Å². The average molecular weight is 438 g/mol. The van der Waals surface area contributed by atoms with Crippen molar-refractivity contribution in [1.29, 1.82) is 0 Å². The number of rotatable bonds is 5. The Kier molecular flexibility index (Phi) is 5.44. The standard InChI is InChI=1S/C23H16ClNO4S/c24-19-11-13-20(14-12-19)30(27,28)29-25-16-22(18-9-5-2-6-10-18)21(15-23(25)26)17-7-3-1-4-8-17/h1-16H. The molecule has 0 radical (unpaired) electrons. The molecule has 7 heteroatoms. The van der Waals surface area contributed by atoms with Crippen LogP contribution in [0.1, 0.15) is 0 Å². The van der Waals surface area contributed by atoms with Crippen LogP contribution in [0.15, 0.2) is 107 Å². The molecule has 0 saturated heterocycles. The van der Waals surface area contributed by atoms with Gasteiger partial charge in [-0.25, -0.2) is 0 Å². The van der Waals surface area contributed by atoms with Crippen LogP contribution in [0.2, 0.25) is 5.02 Å². The van der Waals surface area contributed by atoms with Crippen molar-refractivity contribution < 1.29 is 12.7 Å². The summed E-state index contributed by atoms with van der Waals surface area (Å²) in [5.41, 5.74) is 2.38. The summed E-state index contributed by atoms with van der Waals surface area (Å²) < 4.78 is 31.2. The summed E-state index contributed by atoms with van der Waals surface area (Å²) in [6.07, 6.45) is 1.40. The van der Waals surface area contributed by atoms with Crippen molar-refractivity contribution in [3.05, 3.63) is 113 Å². The van der Waals surface area contributed by atoms with Crippen LogP contribution in [0.4, 0.5) is 0 Å². The lowest BCUT2D eigenvalue weighted by atomic mass is 9.97. The minimum absolute atomic E-state index is 0.104. The lowest BCUT2D eigenvalue weighted by molar-refractivity contribution is 0.267. The van der Waals surface area contributed by atoms with Gasteiger partial charge in [0.05, 0.1) is 6.20 Å². The maximum absolute atomic E-state index is 12.7. The Bertz CT molecular complexity index is 1330. The van der Waals surface area contributed by atoms with Gasteiger partial charge >= 0.3 is 10.1 Å². The number of nitrogens with zero attached hydrogens (tertiary/aromatic N) is 1. The van der Waals surface area contributed by atoms with Gasteiger partial charge in [-0.15, -0.1) is 4.73 Å². The molecule has 30 heavy (non-hydrogen) atoms. The summed E-state index contributed by atoms with van der Waals surface area (Å²) in [5, 5.41) is 0.393. The number of pyridine rings is 1. The molecule has 0 aliphatic heterocycles. The Morgan fingerprint density at radius 2 is 1.27 bits per heavy atom. The minimum Gasteiger partial charge on any atom is -0.281 e. The molecule has 0 saturated carbocycles. The second-order valence-corrected chi connectivity index (χ2v) is 8.44. The third kappa shape index (κ3) is 4.15. The molecule has 0 amide bonds. The molecule has 0 bridgehead atoms. The first kappa shape index (κ1) is 19.9. The van der Waals surface area contributed by atoms with Crippen molar-refractivity contribution >= 4 is 21.7 Å². The molecule has 4 aromatic rings. The summed E-state index contributed by atoms with van der Waals surface area (Å²) >= 11 is 5.82. The minimum atomic E-state index is -4.22. The van der Waals surface area contributed by atoms with Gasteiger partial charge in [-0.3, -0.25) is 9.08 Å². The molecule has 0 aliphatic carbocycles. The fourth-order valence-electron chi connectivity index (χ4n) is 3.03. The van der Waals surface area contributed by atoms with Gasteiger partial charge in [0.2, 0.25) is 0 Å². The van der Waals surface area contributed by atoms with E-state index in [9.17, 15) is 13.2 Å². The second-order valence-electron chi connectivity index (χ2n) is 6.48. The Morgan fingerprint density at radius 3 is 1.83 bits per heavy atom. The van der Waals surface area contributed by atoms with Gasteiger partial charge in [0.15, 0.2) is 0 Å². The van der Waals surface area contributed by atoms with Crippen LogP contribution >= 0.6 is 11.6 Å². The zero-order chi connectivity index (χ0) is 21.1. The van der Waals surface area contributed by atoms with Crippen LogP contribution < -0.4 is 9.84 Å². The molecule has 4 rings (SSSR count). The molecule has 0 atom stereocenters. The van der Waals surface area contributed by atoms with E-state index in [2.05, 4.69) is 0 Å². The topological polar surface area (TPSA) is 65.4 Å². The SMILES string of the molecule is O=c1cc(-c2ccccc2)c(-c2ccccc2)cn1OS(=O)(=O)c1ccc(Cl)cc1. The zero-order valence-corrected chi connectivity index (χ0v) is 17.2. The van der Waals surface area contributed by atoms with Crippen LogP contribution in [0.5, 0.6) is 0 Å². The van der Waals surface area contributed by atoms with Crippen molar-refractivity contribution in [2.75, 3.05) is 0 Å². The van der Waals surface area contributed by atoms with E-state index < -0.39 is 15.7 Å². The first-order valence-corrected chi connectivity index (χ1v) is 10.8. The highest BCUT2D eigenvalue weighted by atomic mass is 35.5. The monoisotopic (exact) mass is 437 g/mol. The Hall–Kier alpha value is -3.35. The van der Waals surface area contributed by atoms with Crippen LogP contribution in [0.3, 0.4) is 0 Å². The van der Waals surface area contributed by atoms with Crippen molar-refractivity contribution in [1.82, 2.24) is 4.73 Å². The number of benzene rings is 3. The normalized spacial score (nSPS) is 11.2. The van der Waals surface area contributed by atoms with E-state index in [1.54, 1.807) is 0 Å². The third-order valence-electron chi connectivity index (χ3n) is 4.47. The number of halogens is 1. The van der Waals surface area contributed by atoms with Crippen LogP contribution in [-0.4, -0.2) is 13.1 Å². The highest BCUT2D eigenvalue weighted by molar-refractivity contribution is 7.87. The largest absolute Gasteiger partial charge is 0.357 e. The molecule has 150 valence electrons. The predicted molar refractivity (Wildman–Crippen MR) is 117 cm³/mol. The first-order chi connectivity index (χ1) is 14.4. The lowest BCUT2D eigenvalue weighted by Crippen LogP contribution is -2.30. The highest BCUT2D eigenvalue weighted by Crippen LogP contribution is 2.30. The molecular weight excluding hydrogens is 422 g/mol. The molecule has 3 aromatic carbocycles. The van der Waals surface area contributed by atoms with E-state index in [0.29, 0.717) is 16.1 Å². The van der Waals surface area contributed by atoms with Crippen LogP contribution in [-0.2, 0) is 10.1 Å². The van der Waals surface area contributed by atoms with Crippen LogP contribution in [0, 0.1) is 0 Å². The van der Waals surface area contributed by atoms with Gasteiger partial charge < -0.3 is 0 Å². The summed E-state index contributed by atoms with van der Waals surface area (Å²) in [6, 6.07) is 25.7. The van der Waals surface area contributed by atoms with Gasteiger partial charge in [0.25, 0.3) is 5.56 Å². The quantitative estimate of drug-likeness (QED) is 0.455. The molecule has 5 nitrogen and oxygen atoms in total.